The van der Waals surface area contributed by atoms with Crippen LogP contribution in [0, 0.1) is 11.5 Å². The summed E-state index contributed by atoms with van der Waals surface area (Å²) in [5.74, 6) is -1.01. The molecule has 0 atom stereocenters. The highest BCUT2D eigenvalue weighted by molar-refractivity contribution is 6.35. The summed E-state index contributed by atoms with van der Waals surface area (Å²) in [6.07, 6.45) is 1.66. The lowest BCUT2D eigenvalue weighted by Gasteiger charge is -2.10. The first-order chi connectivity index (χ1) is 11.4. The molecule has 2 amide bonds. The third-order valence-corrected chi connectivity index (χ3v) is 3.97. The van der Waals surface area contributed by atoms with Crippen molar-refractivity contribution in [1.82, 2.24) is 10.2 Å². The number of hydrogen-bond acceptors (Lipinski definition) is 3. The summed E-state index contributed by atoms with van der Waals surface area (Å²) >= 11 is 12.3. The smallest absolute Gasteiger partial charge is 0.254 e. The Bertz CT molecular complexity index is 831. The quantitative estimate of drug-likeness (QED) is 0.670. The highest BCUT2D eigenvalue weighted by atomic mass is 35.5. The molecule has 0 radical (unpaired) electrons. The normalized spacial score (nSPS) is 9.92. The van der Waals surface area contributed by atoms with Crippen LogP contribution in [0.4, 0.5) is 0 Å². The van der Waals surface area contributed by atoms with Gasteiger partial charge >= 0.3 is 0 Å². The van der Waals surface area contributed by atoms with Crippen LogP contribution in [0.5, 0.6) is 0 Å². The van der Waals surface area contributed by atoms with Gasteiger partial charge in [0.15, 0.2) is 6.19 Å². The van der Waals surface area contributed by atoms with E-state index in [1.54, 1.807) is 30.5 Å². The Kier molecular flexibility index (Phi) is 5.80. The fraction of sp³-hybridized carbons (Fsp3) is 0.118. The monoisotopic (exact) mass is 361 g/mol. The molecule has 2 aromatic carbocycles. The van der Waals surface area contributed by atoms with Gasteiger partial charge in [0, 0.05) is 17.6 Å². The highest BCUT2D eigenvalue weighted by Crippen LogP contribution is 2.30. The van der Waals surface area contributed by atoms with Crippen molar-refractivity contribution in [2.75, 3.05) is 13.6 Å². The van der Waals surface area contributed by atoms with Gasteiger partial charge in [-0.15, -0.1) is 0 Å². The number of nitrogens with one attached hydrogen (secondary N) is 1. The summed E-state index contributed by atoms with van der Waals surface area (Å²) in [6, 6.07) is 12.2. The predicted molar refractivity (Wildman–Crippen MR) is 92.6 cm³/mol. The Hall–Kier alpha value is -2.55. The van der Waals surface area contributed by atoms with Gasteiger partial charge in [0.2, 0.25) is 0 Å². The van der Waals surface area contributed by atoms with Crippen molar-refractivity contribution < 1.29 is 9.59 Å². The van der Waals surface area contributed by atoms with Crippen molar-refractivity contribution in [2.24, 2.45) is 0 Å². The maximum atomic E-state index is 12.1. The lowest BCUT2D eigenvalue weighted by atomic mass is 10.0. The first kappa shape index (κ1) is 17.8. The number of benzene rings is 2. The largest absolute Gasteiger partial charge is 0.343 e. The third kappa shape index (κ3) is 4.05. The van der Waals surface area contributed by atoms with Gasteiger partial charge < -0.3 is 5.32 Å². The molecular weight excluding hydrogens is 349 g/mol. The fourth-order valence-corrected chi connectivity index (χ4v) is 2.50. The second kappa shape index (κ2) is 7.82. The second-order valence-electron chi connectivity index (χ2n) is 4.91. The molecule has 0 fully saturated rings. The van der Waals surface area contributed by atoms with Crippen LogP contribution in [-0.4, -0.2) is 30.3 Å². The number of carbonyl (C=O) groups excluding carboxylic acids is 2. The van der Waals surface area contributed by atoms with Gasteiger partial charge in [-0.3, -0.25) is 14.5 Å². The zero-order valence-corrected chi connectivity index (χ0v) is 14.2. The van der Waals surface area contributed by atoms with Gasteiger partial charge in [-0.2, -0.15) is 5.26 Å². The van der Waals surface area contributed by atoms with E-state index in [9.17, 15) is 9.59 Å². The van der Waals surface area contributed by atoms with E-state index in [2.05, 4.69) is 5.32 Å². The molecule has 0 spiro atoms. The molecule has 1 N–H and O–H groups in total. The molecule has 0 aromatic heterocycles. The second-order valence-corrected chi connectivity index (χ2v) is 5.72. The van der Waals surface area contributed by atoms with Crippen LogP contribution < -0.4 is 5.32 Å². The number of hydrogen-bond donors (Lipinski definition) is 1. The molecule has 0 saturated carbocycles. The van der Waals surface area contributed by atoms with E-state index in [4.69, 9.17) is 28.5 Å². The minimum absolute atomic E-state index is 0.236. The summed E-state index contributed by atoms with van der Waals surface area (Å²) < 4.78 is 0. The summed E-state index contributed by atoms with van der Waals surface area (Å²) in [7, 11) is 1.32. The lowest BCUT2D eigenvalue weighted by molar-refractivity contribution is -0.126. The van der Waals surface area contributed by atoms with Crippen molar-refractivity contribution >= 4 is 35.0 Å². The summed E-state index contributed by atoms with van der Waals surface area (Å²) in [6.45, 7) is -0.286. The molecule has 0 saturated heterocycles. The molecule has 5 nitrogen and oxygen atoms in total. The Balaban J connectivity index is 2.16. The topological polar surface area (TPSA) is 73.2 Å². The standard InChI is InChI=1S/C17H13Cl2N3O2/c1-22(10-20)16(23)9-21-17(24)13-7-6-11(8-15(13)19)12-4-2-3-5-14(12)18/h2-8H,9H2,1H3,(H,21,24). The van der Waals surface area contributed by atoms with E-state index in [1.165, 1.54) is 7.05 Å². The molecule has 0 aliphatic heterocycles. The van der Waals surface area contributed by atoms with Crippen molar-refractivity contribution in [1.29, 1.82) is 5.26 Å². The van der Waals surface area contributed by atoms with Crippen LogP contribution in [0.15, 0.2) is 42.5 Å². The van der Waals surface area contributed by atoms with E-state index in [0.717, 1.165) is 16.0 Å². The number of carbonyl (C=O) groups is 2. The Morgan fingerprint density at radius 3 is 2.50 bits per heavy atom. The molecule has 0 aliphatic rings. The van der Waals surface area contributed by atoms with Crippen LogP contribution in [-0.2, 0) is 4.79 Å². The van der Waals surface area contributed by atoms with Gasteiger partial charge in [-0.05, 0) is 23.8 Å². The molecular formula is C17H13Cl2N3O2. The van der Waals surface area contributed by atoms with Crippen LogP contribution in [0.3, 0.4) is 0 Å². The molecule has 2 aromatic rings. The van der Waals surface area contributed by atoms with Crippen LogP contribution in [0.25, 0.3) is 11.1 Å². The third-order valence-electron chi connectivity index (χ3n) is 3.32. The molecule has 0 aliphatic carbocycles. The number of halogens is 2. The average Bonchev–Trinajstić information content (AvgIpc) is 2.58. The molecule has 0 heterocycles. The minimum Gasteiger partial charge on any atom is -0.343 e. The summed E-state index contributed by atoms with van der Waals surface area (Å²) in [5, 5.41) is 11.9. The van der Waals surface area contributed by atoms with Crippen molar-refractivity contribution in [2.45, 2.75) is 0 Å². The molecule has 24 heavy (non-hydrogen) atoms. The minimum atomic E-state index is -0.519. The summed E-state index contributed by atoms with van der Waals surface area (Å²) in [5.41, 5.74) is 1.82. The van der Waals surface area contributed by atoms with E-state index in [0.29, 0.717) is 5.02 Å². The number of nitrogens with zero attached hydrogens (tertiary/aromatic N) is 2. The lowest BCUT2D eigenvalue weighted by Crippen LogP contribution is -2.36. The molecule has 2 rings (SSSR count). The van der Waals surface area contributed by atoms with E-state index < -0.39 is 11.8 Å². The van der Waals surface area contributed by atoms with E-state index in [-0.39, 0.29) is 17.1 Å². The van der Waals surface area contributed by atoms with Gasteiger partial charge in [-0.1, -0.05) is 47.5 Å². The van der Waals surface area contributed by atoms with Gasteiger partial charge in [0.05, 0.1) is 17.1 Å². The zero-order valence-electron chi connectivity index (χ0n) is 12.7. The maximum absolute atomic E-state index is 12.1. The van der Waals surface area contributed by atoms with Gasteiger partial charge in [0.25, 0.3) is 11.8 Å². The van der Waals surface area contributed by atoms with Crippen LogP contribution in [0.1, 0.15) is 10.4 Å². The number of amides is 2. The van der Waals surface area contributed by atoms with Crippen LogP contribution in [0.2, 0.25) is 10.0 Å². The van der Waals surface area contributed by atoms with Crippen molar-refractivity contribution in [3.05, 3.63) is 58.1 Å². The maximum Gasteiger partial charge on any atom is 0.254 e. The Labute approximate surface area is 149 Å². The SMILES string of the molecule is CN(C#N)C(=O)CNC(=O)c1ccc(-c2ccccc2Cl)cc1Cl. The Morgan fingerprint density at radius 2 is 1.88 bits per heavy atom. The number of likely N-dealkylation sites (N-methyl/N-ethyl adjacent to an activating group) is 1. The van der Waals surface area contributed by atoms with E-state index in [1.807, 2.05) is 18.2 Å². The first-order valence-corrected chi connectivity index (χ1v) is 7.68. The summed E-state index contributed by atoms with van der Waals surface area (Å²) in [4.78, 5) is 24.5. The molecule has 122 valence electrons. The number of rotatable bonds is 4. The van der Waals surface area contributed by atoms with E-state index >= 15 is 0 Å². The molecule has 0 unspecified atom stereocenters. The van der Waals surface area contributed by atoms with Crippen molar-refractivity contribution in [3.8, 4) is 17.3 Å². The highest BCUT2D eigenvalue weighted by Gasteiger charge is 2.15. The predicted octanol–water partition coefficient (Wildman–Crippen LogP) is 3.33. The van der Waals surface area contributed by atoms with Crippen LogP contribution >= 0.6 is 23.2 Å². The van der Waals surface area contributed by atoms with Gasteiger partial charge in [-0.25, -0.2) is 0 Å². The van der Waals surface area contributed by atoms with Gasteiger partial charge in [0.1, 0.15) is 0 Å². The molecule has 7 heteroatoms. The average molecular weight is 362 g/mol. The van der Waals surface area contributed by atoms with Crippen molar-refractivity contribution in [3.63, 3.8) is 0 Å². The first-order valence-electron chi connectivity index (χ1n) is 6.93. The Morgan fingerprint density at radius 1 is 1.17 bits per heavy atom. The zero-order chi connectivity index (χ0) is 17.7. The fourth-order valence-electron chi connectivity index (χ4n) is 1.99. The number of nitriles is 1. The molecule has 0 bridgehead atoms.